The highest BCUT2D eigenvalue weighted by atomic mass is 16.5. The fraction of sp³-hybridized carbons (Fsp3) is 0.250. The number of benzene rings is 2. The first-order valence-corrected chi connectivity index (χ1v) is 8.15. The van der Waals surface area contributed by atoms with Gasteiger partial charge in [-0.15, -0.1) is 0 Å². The number of ether oxygens (including phenoxy) is 1. The lowest BCUT2D eigenvalue weighted by Crippen LogP contribution is -2.25. The Morgan fingerprint density at radius 1 is 1.12 bits per heavy atom. The Labute approximate surface area is 152 Å². The summed E-state index contributed by atoms with van der Waals surface area (Å²) in [6.07, 6.45) is 1.44. The number of nitrogens with zero attached hydrogens (tertiary/aromatic N) is 1. The molecule has 0 bridgehead atoms. The van der Waals surface area contributed by atoms with Crippen molar-refractivity contribution in [2.45, 2.75) is 26.2 Å². The number of hydrazone groups is 1. The van der Waals surface area contributed by atoms with E-state index in [1.165, 1.54) is 18.3 Å². The van der Waals surface area contributed by atoms with Crippen molar-refractivity contribution in [1.82, 2.24) is 5.43 Å². The van der Waals surface area contributed by atoms with E-state index < -0.39 is 5.97 Å². The van der Waals surface area contributed by atoms with Gasteiger partial charge < -0.3 is 9.84 Å². The minimum atomic E-state index is -0.991. The molecule has 0 saturated heterocycles. The minimum absolute atomic E-state index is 0.0899. The van der Waals surface area contributed by atoms with Gasteiger partial charge in [0.25, 0.3) is 5.91 Å². The maximum absolute atomic E-state index is 11.9. The summed E-state index contributed by atoms with van der Waals surface area (Å²) in [7, 11) is 0. The predicted molar refractivity (Wildman–Crippen MR) is 99.8 cm³/mol. The molecule has 136 valence electrons. The highest BCUT2D eigenvalue weighted by Gasteiger charge is 2.18. The molecule has 2 rings (SSSR count). The lowest BCUT2D eigenvalue weighted by atomic mass is 9.86. The Hall–Kier alpha value is -3.15. The van der Waals surface area contributed by atoms with Crippen molar-refractivity contribution in [2.24, 2.45) is 5.10 Å². The van der Waals surface area contributed by atoms with Crippen molar-refractivity contribution >= 4 is 18.1 Å². The minimum Gasteiger partial charge on any atom is -0.483 e. The topological polar surface area (TPSA) is 88.0 Å². The van der Waals surface area contributed by atoms with E-state index in [1.54, 1.807) is 12.1 Å². The average Bonchev–Trinajstić information content (AvgIpc) is 2.60. The molecule has 0 radical (unpaired) electrons. The van der Waals surface area contributed by atoms with Gasteiger partial charge in [-0.1, -0.05) is 51.1 Å². The molecular weight excluding hydrogens is 332 g/mol. The molecule has 0 aromatic heterocycles. The van der Waals surface area contributed by atoms with Crippen LogP contribution in [0, 0.1) is 0 Å². The standard InChI is InChI=1S/C20H22N2O4/c1-20(2,3)16-6-4-5-7-17(16)26-13-18(23)22-21-12-14-8-10-15(11-9-14)19(24)25/h4-12H,13H2,1-3H3,(H,22,23)(H,24,25)/b21-12+. The van der Waals surface area contributed by atoms with Gasteiger partial charge in [-0.05, 0) is 34.7 Å². The lowest BCUT2D eigenvalue weighted by molar-refractivity contribution is -0.123. The number of hydrogen-bond donors (Lipinski definition) is 2. The van der Waals surface area contributed by atoms with Crippen LogP contribution in [0.1, 0.15) is 42.3 Å². The molecule has 0 spiro atoms. The van der Waals surface area contributed by atoms with Crippen LogP contribution >= 0.6 is 0 Å². The van der Waals surface area contributed by atoms with E-state index >= 15 is 0 Å². The molecule has 26 heavy (non-hydrogen) atoms. The number of amides is 1. The van der Waals surface area contributed by atoms with E-state index in [0.29, 0.717) is 11.3 Å². The van der Waals surface area contributed by atoms with Crippen LogP contribution in [0.15, 0.2) is 53.6 Å². The van der Waals surface area contributed by atoms with Crippen molar-refractivity contribution in [3.05, 3.63) is 65.2 Å². The molecule has 0 aliphatic rings. The van der Waals surface area contributed by atoms with E-state index in [2.05, 4.69) is 31.3 Å². The molecule has 0 fully saturated rings. The molecule has 0 aliphatic heterocycles. The summed E-state index contributed by atoms with van der Waals surface area (Å²) in [4.78, 5) is 22.7. The van der Waals surface area contributed by atoms with Gasteiger partial charge in [-0.2, -0.15) is 5.10 Å². The van der Waals surface area contributed by atoms with Crippen LogP contribution in [0.25, 0.3) is 0 Å². The van der Waals surface area contributed by atoms with E-state index in [1.807, 2.05) is 24.3 Å². The Morgan fingerprint density at radius 2 is 1.77 bits per heavy atom. The Balaban J connectivity index is 1.89. The monoisotopic (exact) mass is 354 g/mol. The summed E-state index contributed by atoms with van der Waals surface area (Å²) >= 11 is 0. The summed E-state index contributed by atoms with van der Waals surface area (Å²) in [6, 6.07) is 13.8. The Bertz CT molecular complexity index is 805. The van der Waals surface area contributed by atoms with Gasteiger partial charge in [0.1, 0.15) is 5.75 Å². The SMILES string of the molecule is CC(C)(C)c1ccccc1OCC(=O)N/N=C/c1ccc(C(=O)O)cc1. The summed E-state index contributed by atoms with van der Waals surface area (Å²) in [5.41, 5.74) is 4.19. The zero-order chi connectivity index (χ0) is 19.2. The largest absolute Gasteiger partial charge is 0.483 e. The maximum atomic E-state index is 11.9. The third-order valence-corrected chi connectivity index (χ3v) is 3.61. The second-order valence-electron chi connectivity index (χ2n) is 6.76. The van der Waals surface area contributed by atoms with Gasteiger partial charge in [-0.3, -0.25) is 4.79 Å². The van der Waals surface area contributed by atoms with Crippen molar-refractivity contribution in [3.63, 3.8) is 0 Å². The van der Waals surface area contributed by atoms with E-state index in [9.17, 15) is 9.59 Å². The first-order valence-electron chi connectivity index (χ1n) is 8.15. The fourth-order valence-electron chi connectivity index (χ4n) is 2.28. The summed E-state index contributed by atoms with van der Waals surface area (Å²) < 4.78 is 5.62. The molecule has 2 aromatic rings. The third-order valence-electron chi connectivity index (χ3n) is 3.61. The van der Waals surface area contributed by atoms with Crippen molar-refractivity contribution in [1.29, 1.82) is 0 Å². The lowest BCUT2D eigenvalue weighted by Gasteiger charge is -2.22. The number of carboxylic acids is 1. The van der Waals surface area contributed by atoms with Crippen molar-refractivity contribution in [3.8, 4) is 5.75 Å². The number of rotatable bonds is 6. The van der Waals surface area contributed by atoms with Crippen LogP contribution in [0.5, 0.6) is 5.75 Å². The average molecular weight is 354 g/mol. The highest BCUT2D eigenvalue weighted by Crippen LogP contribution is 2.30. The molecule has 2 aromatic carbocycles. The van der Waals surface area contributed by atoms with Gasteiger partial charge in [0, 0.05) is 0 Å². The van der Waals surface area contributed by atoms with Crippen LogP contribution in [0.2, 0.25) is 0 Å². The number of hydrogen-bond acceptors (Lipinski definition) is 4. The quantitative estimate of drug-likeness (QED) is 0.616. The van der Waals surface area contributed by atoms with Gasteiger partial charge in [-0.25, -0.2) is 10.2 Å². The fourth-order valence-corrected chi connectivity index (χ4v) is 2.28. The smallest absolute Gasteiger partial charge is 0.335 e. The zero-order valence-corrected chi connectivity index (χ0v) is 15.0. The van der Waals surface area contributed by atoms with Gasteiger partial charge in [0.15, 0.2) is 6.61 Å². The second kappa shape index (κ2) is 8.29. The second-order valence-corrected chi connectivity index (χ2v) is 6.76. The molecule has 6 heteroatoms. The number of para-hydroxylation sites is 1. The molecule has 0 heterocycles. The summed E-state index contributed by atoms with van der Waals surface area (Å²) in [5.74, 6) is -0.704. The van der Waals surface area contributed by atoms with Crippen LogP contribution in [0.4, 0.5) is 0 Å². The molecule has 0 atom stereocenters. The first kappa shape index (κ1) is 19.2. The van der Waals surface area contributed by atoms with Gasteiger partial charge in [0.2, 0.25) is 0 Å². The number of carboxylic acid groups (broad SMARTS) is 1. The summed E-state index contributed by atoms with van der Waals surface area (Å²) in [6.45, 7) is 6.09. The third kappa shape index (κ3) is 5.44. The molecule has 1 amide bonds. The molecule has 0 saturated carbocycles. The number of aromatic carboxylic acids is 1. The van der Waals surface area contributed by atoms with Crippen LogP contribution < -0.4 is 10.2 Å². The van der Waals surface area contributed by atoms with Crippen LogP contribution in [0.3, 0.4) is 0 Å². The van der Waals surface area contributed by atoms with Crippen LogP contribution in [-0.4, -0.2) is 29.8 Å². The number of carbonyl (C=O) groups excluding carboxylic acids is 1. The zero-order valence-electron chi connectivity index (χ0n) is 15.0. The number of carbonyl (C=O) groups is 2. The number of nitrogens with one attached hydrogen (secondary N) is 1. The molecule has 0 aliphatic carbocycles. The van der Waals surface area contributed by atoms with Gasteiger partial charge >= 0.3 is 5.97 Å². The van der Waals surface area contributed by atoms with Crippen molar-refractivity contribution < 1.29 is 19.4 Å². The Morgan fingerprint density at radius 3 is 2.38 bits per heavy atom. The summed E-state index contributed by atoms with van der Waals surface area (Å²) in [5, 5.41) is 12.7. The van der Waals surface area contributed by atoms with E-state index in [4.69, 9.17) is 9.84 Å². The van der Waals surface area contributed by atoms with E-state index in [0.717, 1.165) is 5.56 Å². The maximum Gasteiger partial charge on any atom is 0.335 e. The van der Waals surface area contributed by atoms with E-state index in [-0.39, 0.29) is 23.5 Å². The first-order chi connectivity index (χ1) is 12.3. The predicted octanol–water partition coefficient (Wildman–Crippen LogP) is 3.21. The Kier molecular flexibility index (Phi) is 6.11. The molecule has 0 unspecified atom stereocenters. The highest BCUT2D eigenvalue weighted by molar-refractivity contribution is 5.89. The van der Waals surface area contributed by atoms with Crippen LogP contribution in [-0.2, 0) is 10.2 Å². The molecule has 2 N–H and O–H groups in total. The molecular formula is C20H22N2O4. The van der Waals surface area contributed by atoms with Gasteiger partial charge in [0.05, 0.1) is 11.8 Å². The van der Waals surface area contributed by atoms with Crippen molar-refractivity contribution in [2.75, 3.05) is 6.61 Å². The molecule has 6 nitrogen and oxygen atoms in total. The normalized spacial score (nSPS) is 11.3.